The van der Waals surface area contributed by atoms with Gasteiger partial charge < -0.3 is 14.8 Å². The molecule has 9 heteroatoms. The molecule has 0 spiro atoms. The van der Waals surface area contributed by atoms with Crippen molar-refractivity contribution in [3.05, 3.63) is 48.0 Å². The Kier molecular flexibility index (Phi) is 5.25. The summed E-state index contributed by atoms with van der Waals surface area (Å²) in [6.07, 6.45) is 7.71. The third kappa shape index (κ3) is 4.27. The molecule has 3 aromatic rings. The van der Waals surface area contributed by atoms with Gasteiger partial charge in [-0.05, 0) is 49.6 Å². The highest BCUT2D eigenvalue weighted by molar-refractivity contribution is 7.92. The number of hydrogen-bond donors (Lipinski definition) is 1. The molecule has 0 unspecified atom stereocenters. The molecule has 5 rings (SSSR count). The molecule has 2 saturated heterocycles. The van der Waals surface area contributed by atoms with Gasteiger partial charge in [-0.3, -0.25) is 0 Å². The van der Waals surface area contributed by atoms with E-state index in [1.165, 1.54) is 18.5 Å². The summed E-state index contributed by atoms with van der Waals surface area (Å²) in [6.45, 7) is 1.93. The first kappa shape index (κ1) is 21.1. The van der Waals surface area contributed by atoms with Gasteiger partial charge in [-0.1, -0.05) is 0 Å². The van der Waals surface area contributed by atoms with E-state index in [2.05, 4.69) is 19.6 Å². The molecular formula is C23H25FN4O3S. The molecule has 2 aliphatic heterocycles. The molecule has 2 bridgehead atoms. The molecule has 0 amide bonds. The molecule has 3 heterocycles. The average Bonchev–Trinajstić information content (AvgIpc) is 3.32. The van der Waals surface area contributed by atoms with Crippen LogP contribution in [0.3, 0.4) is 0 Å². The molecule has 0 radical (unpaired) electrons. The van der Waals surface area contributed by atoms with Crippen LogP contribution in [0.25, 0.3) is 10.9 Å². The minimum Gasteiger partial charge on any atom is -0.485 e. The zero-order valence-electron chi connectivity index (χ0n) is 18.2. The molecule has 2 aromatic carbocycles. The number of fused-ring (bicyclic) bond motifs is 3. The first-order valence-electron chi connectivity index (χ1n) is 10.6. The Hall–Kier alpha value is -2.78. The number of rotatable bonds is 5. The maximum Gasteiger partial charge on any atom is 0.146 e. The Labute approximate surface area is 186 Å². The highest BCUT2D eigenvalue weighted by Crippen LogP contribution is 2.39. The standard InChI is InChI=1S/C23H25FN4O3S/c1-13-8-15(28-32(2,3)29)10-18-22(13)23(26-12-25-18)27-17-6-4-14(24)9-20(17)31-21-11-16-5-7-19(21)30-16/h4,6,8-10,12,16,19,21H,5,7,11H2,1-3H3,(H,25,26,27)/t16-,19+,21+/m0/s1. The summed E-state index contributed by atoms with van der Waals surface area (Å²) in [5, 5.41) is 4.11. The van der Waals surface area contributed by atoms with Crippen molar-refractivity contribution in [2.75, 3.05) is 17.8 Å². The van der Waals surface area contributed by atoms with Crippen molar-refractivity contribution >= 4 is 37.8 Å². The lowest BCUT2D eigenvalue weighted by atomic mass is 9.98. The number of aryl methyl sites for hydroxylation is 1. The van der Waals surface area contributed by atoms with Crippen molar-refractivity contribution in [2.24, 2.45) is 4.36 Å². The predicted molar refractivity (Wildman–Crippen MR) is 123 cm³/mol. The summed E-state index contributed by atoms with van der Waals surface area (Å²) in [4.78, 5) is 8.79. The number of halogens is 1. The third-order valence-electron chi connectivity index (χ3n) is 5.77. The zero-order valence-corrected chi connectivity index (χ0v) is 19.0. The molecule has 0 aliphatic carbocycles. The van der Waals surface area contributed by atoms with Crippen LogP contribution in [0.1, 0.15) is 24.8 Å². The van der Waals surface area contributed by atoms with Gasteiger partial charge in [0.2, 0.25) is 0 Å². The summed E-state index contributed by atoms with van der Waals surface area (Å²) < 4.78 is 42.5. The van der Waals surface area contributed by atoms with E-state index in [0.29, 0.717) is 28.5 Å². The van der Waals surface area contributed by atoms with Crippen LogP contribution in [0.2, 0.25) is 0 Å². The fraction of sp³-hybridized carbons (Fsp3) is 0.391. The lowest BCUT2D eigenvalue weighted by molar-refractivity contribution is 0.0642. The minimum absolute atomic E-state index is 0.0628. The Morgan fingerprint density at radius 2 is 2.06 bits per heavy atom. The van der Waals surface area contributed by atoms with Crippen molar-refractivity contribution in [1.29, 1.82) is 0 Å². The molecule has 32 heavy (non-hydrogen) atoms. The number of aromatic nitrogens is 2. The summed E-state index contributed by atoms with van der Waals surface area (Å²) in [5.74, 6) is 0.639. The smallest absolute Gasteiger partial charge is 0.146 e. The molecule has 3 atom stereocenters. The van der Waals surface area contributed by atoms with Gasteiger partial charge in [0.05, 0.1) is 29.1 Å². The van der Waals surface area contributed by atoms with E-state index in [9.17, 15) is 8.60 Å². The number of hydrogen-bond acceptors (Lipinski definition) is 7. The quantitative estimate of drug-likeness (QED) is 0.589. The maximum atomic E-state index is 14.0. The number of ether oxygens (including phenoxy) is 2. The summed E-state index contributed by atoms with van der Waals surface area (Å²) in [6, 6.07) is 8.07. The van der Waals surface area contributed by atoms with E-state index < -0.39 is 9.73 Å². The van der Waals surface area contributed by atoms with Gasteiger partial charge in [0, 0.05) is 40.1 Å². The molecule has 2 fully saturated rings. The SMILES string of the molecule is Cc1cc(N=S(C)(C)=O)cc2ncnc(Nc3ccc(F)cc3O[C@@H]3C[C@@H]4CC[C@H]3O4)c12. The highest BCUT2D eigenvalue weighted by atomic mass is 32.2. The monoisotopic (exact) mass is 456 g/mol. The van der Waals surface area contributed by atoms with Gasteiger partial charge in [-0.15, -0.1) is 0 Å². The van der Waals surface area contributed by atoms with Crippen LogP contribution in [-0.2, 0) is 14.5 Å². The largest absolute Gasteiger partial charge is 0.485 e. The van der Waals surface area contributed by atoms with Gasteiger partial charge in [0.1, 0.15) is 29.8 Å². The van der Waals surface area contributed by atoms with Crippen LogP contribution in [0.4, 0.5) is 21.6 Å². The molecule has 168 valence electrons. The maximum absolute atomic E-state index is 14.0. The van der Waals surface area contributed by atoms with Crippen LogP contribution in [0, 0.1) is 12.7 Å². The lowest BCUT2D eigenvalue weighted by Gasteiger charge is -2.22. The highest BCUT2D eigenvalue weighted by Gasteiger charge is 2.42. The number of nitrogens with zero attached hydrogens (tertiary/aromatic N) is 3. The molecular weight excluding hydrogens is 431 g/mol. The fourth-order valence-electron chi connectivity index (χ4n) is 4.48. The Balaban J connectivity index is 1.50. The zero-order chi connectivity index (χ0) is 22.5. The van der Waals surface area contributed by atoms with Gasteiger partial charge in [0.15, 0.2) is 0 Å². The van der Waals surface area contributed by atoms with Crippen molar-refractivity contribution < 1.29 is 18.1 Å². The van der Waals surface area contributed by atoms with Gasteiger partial charge in [-0.2, -0.15) is 4.36 Å². The van der Waals surface area contributed by atoms with E-state index in [1.807, 2.05) is 13.0 Å². The Morgan fingerprint density at radius 3 is 2.78 bits per heavy atom. The molecule has 7 nitrogen and oxygen atoms in total. The average molecular weight is 457 g/mol. The summed E-state index contributed by atoms with van der Waals surface area (Å²) in [5.41, 5.74) is 2.79. The van der Waals surface area contributed by atoms with Crippen LogP contribution in [-0.4, -0.2) is 45.0 Å². The molecule has 1 aromatic heterocycles. The second kappa shape index (κ2) is 7.97. The van der Waals surface area contributed by atoms with Crippen LogP contribution in [0.5, 0.6) is 5.75 Å². The van der Waals surface area contributed by atoms with E-state index in [4.69, 9.17) is 9.47 Å². The second-order valence-corrected chi connectivity index (χ2v) is 11.2. The Bertz CT molecular complexity index is 1310. The van der Waals surface area contributed by atoms with E-state index in [1.54, 1.807) is 24.6 Å². The normalized spacial score (nSPS) is 22.3. The summed E-state index contributed by atoms with van der Waals surface area (Å²) >= 11 is 0. The number of nitrogens with one attached hydrogen (secondary N) is 1. The van der Waals surface area contributed by atoms with Crippen LogP contribution in [0.15, 0.2) is 41.0 Å². The van der Waals surface area contributed by atoms with E-state index in [0.717, 1.165) is 30.2 Å². The van der Waals surface area contributed by atoms with Crippen molar-refractivity contribution in [3.63, 3.8) is 0 Å². The first-order chi connectivity index (χ1) is 15.2. The van der Waals surface area contributed by atoms with Crippen molar-refractivity contribution in [2.45, 2.75) is 44.5 Å². The molecule has 1 N–H and O–H groups in total. The second-order valence-electron chi connectivity index (χ2n) is 8.68. The molecule has 2 aliphatic rings. The van der Waals surface area contributed by atoms with Crippen molar-refractivity contribution in [1.82, 2.24) is 9.97 Å². The minimum atomic E-state index is -2.29. The van der Waals surface area contributed by atoms with Crippen LogP contribution < -0.4 is 10.1 Å². The molecule has 0 saturated carbocycles. The third-order valence-corrected chi connectivity index (χ3v) is 6.42. The summed E-state index contributed by atoms with van der Waals surface area (Å²) in [7, 11) is -2.29. The van der Waals surface area contributed by atoms with E-state index >= 15 is 0 Å². The lowest BCUT2D eigenvalue weighted by Crippen LogP contribution is -2.28. The number of anilines is 2. The topological polar surface area (TPSA) is 85.7 Å². The predicted octanol–water partition coefficient (Wildman–Crippen LogP) is 4.88. The van der Waals surface area contributed by atoms with Gasteiger partial charge in [-0.25, -0.2) is 18.6 Å². The van der Waals surface area contributed by atoms with Crippen LogP contribution >= 0.6 is 0 Å². The van der Waals surface area contributed by atoms with Crippen molar-refractivity contribution in [3.8, 4) is 5.75 Å². The Morgan fingerprint density at radius 1 is 1.22 bits per heavy atom. The fourth-order valence-corrected chi connectivity index (χ4v) is 5.09. The number of benzene rings is 2. The van der Waals surface area contributed by atoms with Gasteiger partial charge >= 0.3 is 0 Å². The first-order valence-corrected chi connectivity index (χ1v) is 12.9. The van der Waals surface area contributed by atoms with E-state index in [-0.39, 0.29) is 24.1 Å². The van der Waals surface area contributed by atoms with Gasteiger partial charge in [0.25, 0.3) is 0 Å².